The molecule has 1 saturated heterocycles. The minimum atomic E-state index is -2.91. The molecule has 1 aliphatic heterocycles. The van der Waals surface area contributed by atoms with Crippen LogP contribution in [0.15, 0.2) is 6.33 Å². The quantitative estimate of drug-likeness (QED) is 0.850. The van der Waals surface area contributed by atoms with E-state index in [1.54, 1.807) is 0 Å². The first-order valence-electron chi connectivity index (χ1n) is 6.07. The van der Waals surface area contributed by atoms with Crippen LogP contribution < -0.4 is 4.90 Å². The van der Waals surface area contributed by atoms with E-state index in [1.165, 1.54) is 6.33 Å². The Hall–Kier alpha value is -1.70. The fourth-order valence-corrected chi connectivity index (χ4v) is 4.23. The van der Waals surface area contributed by atoms with Gasteiger partial charge in [0.2, 0.25) is 0 Å². The summed E-state index contributed by atoms with van der Waals surface area (Å²) in [6, 6.07) is -0.0355. The van der Waals surface area contributed by atoms with Crippen molar-refractivity contribution in [3.05, 3.63) is 12.2 Å². The van der Waals surface area contributed by atoms with Gasteiger partial charge >= 0.3 is 0 Å². The number of H-pyrrole nitrogens is 1. The van der Waals surface area contributed by atoms with E-state index in [1.807, 2.05) is 18.9 Å². The van der Waals surface area contributed by atoms with E-state index in [4.69, 9.17) is 0 Å². The molecule has 2 aromatic heterocycles. The smallest absolute Gasteiger partial charge is 0.183 e. The van der Waals surface area contributed by atoms with Gasteiger partial charge in [-0.25, -0.2) is 23.4 Å². The summed E-state index contributed by atoms with van der Waals surface area (Å²) in [6.45, 7) is 1.85. The molecule has 1 aliphatic rings. The number of hydrogen-bond donors (Lipinski definition) is 1. The van der Waals surface area contributed by atoms with Gasteiger partial charge in [0.1, 0.15) is 17.7 Å². The first-order chi connectivity index (χ1) is 8.96. The van der Waals surface area contributed by atoms with Gasteiger partial charge in [0.25, 0.3) is 0 Å². The van der Waals surface area contributed by atoms with Crippen LogP contribution in [0.2, 0.25) is 0 Å². The van der Waals surface area contributed by atoms with Gasteiger partial charge in [-0.05, 0) is 13.3 Å². The molecule has 1 fully saturated rings. The third-order valence-electron chi connectivity index (χ3n) is 3.48. The lowest BCUT2D eigenvalue weighted by Crippen LogP contribution is -2.33. The molecular formula is C11H15N5O2S. The van der Waals surface area contributed by atoms with E-state index >= 15 is 0 Å². The molecule has 0 saturated carbocycles. The number of rotatable bonds is 2. The van der Waals surface area contributed by atoms with E-state index in [9.17, 15) is 8.42 Å². The standard InChI is InChI=1S/C11H15N5O2S/c1-7-14-9-10(15-7)12-6-13-11(9)16(2)8-3-4-19(17,18)5-8/h6,8H,3-5H2,1-2H3,(H,12,13,14,15). The van der Waals surface area contributed by atoms with Gasteiger partial charge in [-0.15, -0.1) is 0 Å². The van der Waals surface area contributed by atoms with E-state index in [0.717, 1.165) is 11.3 Å². The van der Waals surface area contributed by atoms with E-state index in [2.05, 4.69) is 19.9 Å². The zero-order valence-electron chi connectivity index (χ0n) is 10.8. The molecule has 0 aromatic carbocycles. The predicted molar refractivity (Wildman–Crippen MR) is 71.9 cm³/mol. The van der Waals surface area contributed by atoms with Crippen molar-refractivity contribution >= 4 is 26.8 Å². The molecule has 1 atom stereocenters. The molecule has 1 unspecified atom stereocenters. The maximum atomic E-state index is 11.6. The van der Waals surface area contributed by atoms with Gasteiger partial charge in [0, 0.05) is 13.1 Å². The van der Waals surface area contributed by atoms with Crippen LogP contribution in [0.1, 0.15) is 12.2 Å². The Kier molecular flexibility index (Phi) is 2.70. The molecule has 0 aliphatic carbocycles. The Bertz CT molecular complexity index is 724. The fraction of sp³-hybridized carbons (Fsp3) is 0.545. The van der Waals surface area contributed by atoms with Crippen LogP contribution in [0.5, 0.6) is 0 Å². The van der Waals surface area contributed by atoms with Crippen molar-refractivity contribution in [2.45, 2.75) is 19.4 Å². The number of nitrogens with zero attached hydrogens (tertiary/aromatic N) is 4. The van der Waals surface area contributed by atoms with E-state index in [-0.39, 0.29) is 17.5 Å². The van der Waals surface area contributed by atoms with Crippen LogP contribution in [-0.4, -0.2) is 52.9 Å². The van der Waals surface area contributed by atoms with Crippen LogP contribution in [0.25, 0.3) is 11.2 Å². The van der Waals surface area contributed by atoms with Gasteiger partial charge in [-0.3, -0.25) is 0 Å². The maximum absolute atomic E-state index is 11.6. The lowest BCUT2D eigenvalue weighted by Gasteiger charge is -2.24. The molecule has 8 heteroatoms. The first-order valence-corrected chi connectivity index (χ1v) is 7.89. The Morgan fingerprint density at radius 1 is 1.42 bits per heavy atom. The Morgan fingerprint density at radius 2 is 2.21 bits per heavy atom. The minimum Gasteiger partial charge on any atom is -0.354 e. The van der Waals surface area contributed by atoms with Gasteiger partial charge < -0.3 is 9.88 Å². The summed E-state index contributed by atoms with van der Waals surface area (Å²) in [5.41, 5.74) is 1.36. The van der Waals surface area contributed by atoms with Crippen LogP contribution >= 0.6 is 0 Å². The molecule has 0 spiro atoms. The monoisotopic (exact) mass is 281 g/mol. The Labute approximate surface area is 111 Å². The van der Waals surface area contributed by atoms with Gasteiger partial charge in [0.15, 0.2) is 21.3 Å². The largest absolute Gasteiger partial charge is 0.354 e. The molecule has 0 amide bonds. The molecule has 0 bridgehead atoms. The summed E-state index contributed by atoms with van der Waals surface area (Å²) >= 11 is 0. The zero-order valence-corrected chi connectivity index (χ0v) is 11.6. The third-order valence-corrected chi connectivity index (χ3v) is 5.23. The number of anilines is 1. The number of sulfone groups is 1. The number of aryl methyl sites for hydroxylation is 1. The normalized spacial score (nSPS) is 21.9. The topological polar surface area (TPSA) is 91.8 Å². The van der Waals surface area contributed by atoms with Crippen molar-refractivity contribution in [2.75, 3.05) is 23.5 Å². The number of nitrogens with one attached hydrogen (secondary N) is 1. The second-order valence-electron chi connectivity index (χ2n) is 4.89. The molecule has 19 heavy (non-hydrogen) atoms. The highest BCUT2D eigenvalue weighted by Gasteiger charge is 2.32. The molecule has 3 rings (SSSR count). The molecular weight excluding hydrogens is 266 g/mol. The number of aromatic nitrogens is 4. The molecule has 102 valence electrons. The molecule has 7 nitrogen and oxygen atoms in total. The highest BCUT2D eigenvalue weighted by Crippen LogP contribution is 2.25. The summed E-state index contributed by atoms with van der Waals surface area (Å²) in [5, 5.41) is 0. The van der Waals surface area contributed by atoms with Crippen LogP contribution in [0, 0.1) is 6.92 Å². The van der Waals surface area contributed by atoms with Crippen molar-refractivity contribution < 1.29 is 8.42 Å². The lowest BCUT2D eigenvalue weighted by atomic mass is 10.2. The average molecular weight is 281 g/mol. The summed E-state index contributed by atoms with van der Waals surface area (Å²) in [4.78, 5) is 17.7. The summed E-state index contributed by atoms with van der Waals surface area (Å²) in [6.07, 6.45) is 2.09. The molecule has 2 aromatic rings. The van der Waals surface area contributed by atoms with Crippen molar-refractivity contribution in [3.63, 3.8) is 0 Å². The predicted octanol–water partition coefficient (Wildman–Crippen LogP) is 0.285. The van der Waals surface area contributed by atoms with Crippen molar-refractivity contribution in [1.29, 1.82) is 0 Å². The zero-order chi connectivity index (χ0) is 13.6. The van der Waals surface area contributed by atoms with Crippen molar-refractivity contribution in [3.8, 4) is 0 Å². The third kappa shape index (κ3) is 2.16. The van der Waals surface area contributed by atoms with E-state index in [0.29, 0.717) is 17.9 Å². The minimum absolute atomic E-state index is 0.0355. The number of imidazole rings is 1. The lowest BCUT2D eigenvalue weighted by molar-refractivity contribution is 0.600. The van der Waals surface area contributed by atoms with Gasteiger partial charge in [-0.1, -0.05) is 0 Å². The molecule has 1 N–H and O–H groups in total. The van der Waals surface area contributed by atoms with Crippen LogP contribution in [0.4, 0.5) is 5.82 Å². The highest BCUT2D eigenvalue weighted by molar-refractivity contribution is 7.91. The first kappa shape index (κ1) is 12.3. The Morgan fingerprint density at radius 3 is 2.89 bits per heavy atom. The van der Waals surface area contributed by atoms with Crippen LogP contribution in [0.3, 0.4) is 0 Å². The summed E-state index contributed by atoms with van der Waals surface area (Å²) < 4.78 is 23.1. The number of fused-ring (bicyclic) bond motifs is 1. The maximum Gasteiger partial charge on any atom is 0.183 e. The highest BCUT2D eigenvalue weighted by atomic mass is 32.2. The summed E-state index contributed by atoms with van der Waals surface area (Å²) in [5.74, 6) is 1.90. The van der Waals surface area contributed by atoms with Crippen LogP contribution in [-0.2, 0) is 9.84 Å². The van der Waals surface area contributed by atoms with Crippen molar-refractivity contribution in [2.24, 2.45) is 0 Å². The second-order valence-corrected chi connectivity index (χ2v) is 7.11. The number of aromatic amines is 1. The average Bonchev–Trinajstić information content (AvgIpc) is 2.89. The van der Waals surface area contributed by atoms with Gasteiger partial charge in [0.05, 0.1) is 11.5 Å². The molecule has 3 heterocycles. The van der Waals surface area contributed by atoms with Crippen molar-refractivity contribution in [1.82, 2.24) is 19.9 Å². The Balaban J connectivity index is 2.00. The second kappa shape index (κ2) is 4.16. The van der Waals surface area contributed by atoms with Gasteiger partial charge in [-0.2, -0.15) is 0 Å². The van der Waals surface area contributed by atoms with E-state index < -0.39 is 9.84 Å². The number of hydrogen-bond acceptors (Lipinski definition) is 6. The SMILES string of the molecule is Cc1nc2ncnc(N(C)C3CCS(=O)(=O)C3)c2[nH]1. The molecule has 0 radical (unpaired) electrons. The fourth-order valence-electron chi connectivity index (χ4n) is 2.45. The summed E-state index contributed by atoms with van der Waals surface area (Å²) in [7, 11) is -1.04.